The van der Waals surface area contributed by atoms with E-state index in [0.29, 0.717) is 23.8 Å². The largest absolute Gasteiger partial charge is 0.334 e. The van der Waals surface area contributed by atoms with Gasteiger partial charge in [-0.3, -0.25) is 4.79 Å². The van der Waals surface area contributed by atoms with E-state index in [1.807, 2.05) is 30.3 Å². The van der Waals surface area contributed by atoms with Crippen LogP contribution in [0, 0.1) is 18.4 Å². The maximum absolute atomic E-state index is 13.5. The second-order valence-corrected chi connectivity index (χ2v) is 9.86. The summed E-state index contributed by atoms with van der Waals surface area (Å²) in [7, 11) is -0.255. The molecule has 1 amide bonds. The summed E-state index contributed by atoms with van der Waals surface area (Å²) in [4.78, 5) is 40.9. The van der Waals surface area contributed by atoms with Gasteiger partial charge in [-0.25, -0.2) is 14.8 Å². The van der Waals surface area contributed by atoms with Crippen LogP contribution in [0.15, 0.2) is 48.8 Å². The number of hydrogen-bond acceptors (Lipinski definition) is 4. The van der Waals surface area contributed by atoms with Gasteiger partial charge in [0.05, 0.1) is 19.0 Å². The van der Waals surface area contributed by atoms with Crippen molar-refractivity contribution < 1.29 is 9.59 Å². The lowest BCUT2D eigenvalue weighted by Crippen LogP contribution is -2.30. The second kappa shape index (κ2) is 9.31. The van der Waals surface area contributed by atoms with Crippen molar-refractivity contribution in [3.63, 3.8) is 0 Å². The molecule has 4 rings (SSSR count). The highest BCUT2D eigenvalue weighted by Gasteiger charge is 2.45. The molecule has 2 fully saturated rings. The Balaban J connectivity index is 1.63. The van der Waals surface area contributed by atoms with E-state index in [1.54, 1.807) is 23.4 Å². The van der Waals surface area contributed by atoms with Gasteiger partial charge in [-0.15, -0.1) is 0 Å². The third-order valence-corrected chi connectivity index (χ3v) is 8.14. The van der Waals surface area contributed by atoms with E-state index < -0.39 is 11.8 Å². The van der Waals surface area contributed by atoms with Gasteiger partial charge in [0, 0.05) is 24.9 Å². The number of likely N-dealkylation sites (tertiary alicyclic amines) is 1. The Kier molecular flexibility index (Phi) is 6.34. The van der Waals surface area contributed by atoms with E-state index in [-0.39, 0.29) is 28.7 Å². The zero-order valence-electron chi connectivity index (χ0n) is 16.7. The summed E-state index contributed by atoms with van der Waals surface area (Å²) in [6, 6.07) is 11.5. The molecule has 2 atom stereocenters. The third-order valence-electron chi connectivity index (χ3n) is 5.74. The molecule has 3 heterocycles. The predicted octanol–water partition coefficient (Wildman–Crippen LogP) is 2.97. The lowest BCUT2D eigenvalue weighted by molar-refractivity contribution is -0.132. The molecule has 0 bridgehead atoms. The molecule has 0 spiro atoms. The van der Waals surface area contributed by atoms with E-state index >= 15 is 0 Å². The average molecular weight is 421 g/mol. The number of benzene rings is 1. The molecule has 0 N–H and O–H groups in total. The fourth-order valence-electron chi connectivity index (χ4n) is 4.22. The zero-order chi connectivity index (χ0) is 20.9. The summed E-state index contributed by atoms with van der Waals surface area (Å²) >= 11 is 0. The molecule has 30 heavy (non-hydrogen) atoms. The second-order valence-electron chi connectivity index (χ2n) is 7.68. The van der Waals surface area contributed by atoms with Gasteiger partial charge >= 0.3 is 0 Å². The minimum atomic E-state index is -0.487. The van der Waals surface area contributed by atoms with Crippen molar-refractivity contribution in [3.8, 4) is 0 Å². The van der Waals surface area contributed by atoms with E-state index in [2.05, 4.69) is 14.8 Å². The fraction of sp³-hybridized carbons (Fsp3) is 0.391. The molecular weight excluding hydrogens is 396 g/mol. The lowest BCUT2D eigenvalue weighted by atomic mass is 9.86. The van der Waals surface area contributed by atoms with Crippen LogP contribution in [0.3, 0.4) is 0 Å². The number of hydrogen-bond donors (Lipinski definition) is 0. The van der Waals surface area contributed by atoms with Crippen LogP contribution in [0.5, 0.6) is 0 Å². The number of carbonyl (C=O) groups excluding carboxylic acids is 2. The van der Waals surface area contributed by atoms with Crippen molar-refractivity contribution in [2.24, 2.45) is 11.8 Å². The summed E-state index contributed by atoms with van der Waals surface area (Å²) < 4.78 is 0. The molecule has 2 aromatic rings. The lowest BCUT2D eigenvalue weighted by Gasteiger charge is -2.16. The predicted molar refractivity (Wildman–Crippen MR) is 118 cm³/mol. The topological polar surface area (TPSA) is 67.5 Å². The quantitative estimate of drug-likeness (QED) is 0.532. The maximum Gasteiger partial charge on any atom is 0.255 e. The number of nitrogens with zero attached hydrogens (tertiary/aromatic N) is 4. The Morgan fingerprint density at radius 1 is 1.13 bits per heavy atom. The standard InChI is InChI=1S/C23H24N4O2S/c1-24-22(30-12-5-6-13-30)21(28)19-15-27(16-20-25-10-7-11-26-20)23(29)18(19)14-17-8-3-2-4-9-17/h2-4,7-11,18-19H,5-6,12-16H2/t18-,19+/m1/s1. The molecule has 7 heteroatoms. The first-order valence-corrected chi connectivity index (χ1v) is 11.8. The molecule has 0 unspecified atom stereocenters. The van der Waals surface area contributed by atoms with Crippen LogP contribution in [0.4, 0.5) is 0 Å². The summed E-state index contributed by atoms with van der Waals surface area (Å²) in [5.41, 5.74) is 1.03. The van der Waals surface area contributed by atoms with Gasteiger partial charge in [0.25, 0.3) is 4.99 Å². The SMILES string of the molecule is [C-]#[N+]C(C(=O)[C@H]1CN(Cc2ncccn2)C(=O)[C@@H]1Cc1ccccc1)=S1CCCC1. The number of aromatic nitrogens is 2. The highest BCUT2D eigenvalue weighted by Crippen LogP contribution is 2.34. The Morgan fingerprint density at radius 3 is 2.50 bits per heavy atom. The first-order valence-electron chi connectivity index (χ1n) is 10.2. The van der Waals surface area contributed by atoms with E-state index in [4.69, 9.17) is 6.57 Å². The van der Waals surface area contributed by atoms with Crippen molar-refractivity contribution in [1.82, 2.24) is 14.9 Å². The van der Waals surface area contributed by atoms with Crippen molar-refractivity contribution in [1.29, 1.82) is 0 Å². The molecule has 1 aromatic heterocycles. The van der Waals surface area contributed by atoms with E-state index in [0.717, 1.165) is 29.9 Å². The van der Waals surface area contributed by atoms with Gasteiger partial charge in [-0.05, 0) is 42.4 Å². The van der Waals surface area contributed by atoms with Gasteiger partial charge in [0.15, 0.2) is 5.78 Å². The molecule has 0 radical (unpaired) electrons. The summed E-state index contributed by atoms with van der Waals surface area (Å²) in [6.45, 7) is 8.25. The molecule has 0 aliphatic carbocycles. The van der Waals surface area contributed by atoms with Gasteiger partial charge < -0.3 is 9.69 Å². The smallest absolute Gasteiger partial charge is 0.255 e. The monoisotopic (exact) mass is 420 g/mol. The van der Waals surface area contributed by atoms with Crippen LogP contribution in [0.2, 0.25) is 0 Å². The minimum Gasteiger partial charge on any atom is -0.334 e. The summed E-state index contributed by atoms with van der Waals surface area (Å²) in [6.07, 6.45) is 5.95. The molecule has 2 saturated heterocycles. The normalized spacial score (nSPS) is 21.6. The molecule has 2 aliphatic heterocycles. The Bertz CT molecular complexity index is 993. The van der Waals surface area contributed by atoms with Gasteiger partial charge in [0.1, 0.15) is 5.82 Å². The minimum absolute atomic E-state index is 0.0521. The fourth-order valence-corrected chi connectivity index (χ4v) is 6.48. The number of ketones is 1. The number of amides is 1. The van der Waals surface area contributed by atoms with Crippen LogP contribution >= 0.6 is 10.5 Å². The van der Waals surface area contributed by atoms with Crippen LogP contribution in [-0.4, -0.2) is 49.6 Å². The average Bonchev–Trinajstić information content (AvgIpc) is 3.40. The number of rotatable bonds is 6. The van der Waals surface area contributed by atoms with Crippen LogP contribution in [0.25, 0.3) is 4.85 Å². The Hall–Kier alpha value is -2.85. The Labute approximate surface area is 179 Å². The third kappa shape index (κ3) is 4.34. The maximum atomic E-state index is 13.5. The van der Waals surface area contributed by atoms with Gasteiger partial charge in [0.2, 0.25) is 5.91 Å². The van der Waals surface area contributed by atoms with Crippen molar-refractivity contribution >= 4 is 27.2 Å². The highest BCUT2D eigenvalue weighted by molar-refractivity contribution is 8.17. The Morgan fingerprint density at radius 2 is 1.83 bits per heavy atom. The molecule has 6 nitrogen and oxygen atoms in total. The molecule has 1 aromatic carbocycles. The molecule has 0 saturated carbocycles. The van der Waals surface area contributed by atoms with Crippen molar-refractivity contribution in [3.05, 3.63) is 71.6 Å². The zero-order valence-corrected chi connectivity index (χ0v) is 17.6. The van der Waals surface area contributed by atoms with E-state index in [9.17, 15) is 9.59 Å². The van der Waals surface area contributed by atoms with Gasteiger partial charge in [-0.1, -0.05) is 30.3 Å². The highest BCUT2D eigenvalue weighted by atomic mass is 32.2. The number of Topliss-reactive ketones (excluding diaryl/α,β-unsaturated/α-hetero) is 1. The van der Waals surface area contributed by atoms with Crippen molar-refractivity contribution in [2.45, 2.75) is 25.8 Å². The van der Waals surface area contributed by atoms with Crippen molar-refractivity contribution in [2.75, 3.05) is 18.1 Å². The van der Waals surface area contributed by atoms with Crippen LogP contribution in [0.1, 0.15) is 24.2 Å². The van der Waals surface area contributed by atoms with Crippen LogP contribution in [-0.2, 0) is 22.6 Å². The molecule has 2 aliphatic rings. The first kappa shape index (κ1) is 20.4. The number of carbonyl (C=O) groups is 2. The van der Waals surface area contributed by atoms with Crippen LogP contribution < -0.4 is 0 Å². The molecule has 154 valence electrons. The summed E-state index contributed by atoms with van der Waals surface area (Å²) in [5.74, 6) is 1.30. The van der Waals surface area contributed by atoms with Gasteiger partial charge in [-0.2, -0.15) is 10.5 Å². The van der Waals surface area contributed by atoms with E-state index in [1.165, 1.54) is 0 Å². The molecular formula is C23H24N4O2S. The first-order chi connectivity index (χ1) is 14.7. The summed E-state index contributed by atoms with van der Waals surface area (Å²) in [5, 5.41) is 0.